The number of hydrogen-bond acceptors (Lipinski definition) is 4. The third-order valence-electron chi connectivity index (χ3n) is 6.27. The van der Waals surface area contributed by atoms with Gasteiger partial charge in [-0.05, 0) is 74.4 Å². The first-order valence-electron chi connectivity index (χ1n) is 12.7. The zero-order valence-electron chi connectivity index (χ0n) is 22.2. The molecule has 0 aromatic heterocycles. The van der Waals surface area contributed by atoms with Crippen LogP contribution in [0.5, 0.6) is 0 Å². The van der Waals surface area contributed by atoms with Gasteiger partial charge >= 0.3 is 0 Å². The highest BCUT2D eigenvalue weighted by atomic mass is 79.9. The first-order valence-corrected chi connectivity index (χ1v) is 14.9. The van der Waals surface area contributed by atoms with Crippen LogP contribution in [0, 0.1) is 12.7 Å². The topological polar surface area (TPSA) is 86.8 Å². The molecule has 0 fully saturated rings. The van der Waals surface area contributed by atoms with Gasteiger partial charge in [0, 0.05) is 17.6 Å². The molecule has 0 radical (unpaired) electrons. The smallest absolute Gasteiger partial charge is 0.264 e. The van der Waals surface area contributed by atoms with Crippen molar-refractivity contribution >= 4 is 43.5 Å². The predicted molar refractivity (Wildman–Crippen MR) is 154 cm³/mol. The standard InChI is InChI=1S/C29H33BrFN3O4S/c1-4-5-18-32-29(36)22(3)33(19-23-8-12-25(31)13-9-23)28(35)20-34(26-14-10-24(30)11-15-26)39(37,38)27-16-6-21(2)7-17-27/h6-17,22H,4-5,18-20H2,1-3H3,(H,32,36)/t22-/m1/s1. The molecule has 1 atom stereocenters. The molecule has 208 valence electrons. The molecule has 0 spiro atoms. The van der Waals surface area contributed by atoms with Crippen molar-refractivity contribution < 1.29 is 22.4 Å². The summed E-state index contributed by atoms with van der Waals surface area (Å²) < 4.78 is 42.9. The molecule has 0 unspecified atom stereocenters. The zero-order chi connectivity index (χ0) is 28.6. The van der Waals surface area contributed by atoms with Crippen LogP contribution < -0.4 is 9.62 Å². The highest BCUT2D eigenvalue weighted by molar-refractivity contribution is 9.10. The van der Waals surface area contributed by atoms with Gasteiger partial charge in [-0.2, -0.15) is 0 Å². The third kappa shape index (κ3) is 8.12. The van der Waals surface area contributed by atoms with Crippen molar-refractivity contribution in [2.45, 2.75) is 51.1 Å². The summed E-state index contributed by atoms with van der Waals surface area (Å²) in [4.78, 5) is 28.1. The number of unbranched alkanes of at least 4 members (excludes halogenated alkanes) is 1. The zero-order valence-corrected chi connectivity index (χ0v) is 24.6. The van der Waals surface area contributed by atoms with E-state index in [0.29, 0.717) is 17.8 Å². The molecule has 0 aliphatic heterocycles. The summed E-state index contributed by atoms with van der Waals surface area (Å²) in [5.41, 5.74) is 1.80. The van der Waals surface area contributed by atoms with Crippen LogP contribution in [-0.2, 0) is 26.2 Å². The molecule has 0 bridgehead atoms. The summed E-state index contributed by atoms with van der Waals surface area (Å²) in [6.07, 6.45) is 1.68. The summed E-state index contributed by atoms with van der Waals surface area (Å²) in [6, 6.07) is 17.7. The molecule has 3 aromatic rings. The average molecular weight is 619 g/mol. The van der Waals surface area contributed by atoms with E-state index in [4.69, 9.17) is 0 Å². The quantitative estimate of drug-likeness (QED) is 0.275. The number of anilines is 1. The molecule has 0 saturated carbocycles. The molecule has 0 heterocycles. The van der Waals surface area contributed by atoms with Gasteiger partial charge in [-0.15, -0.1) is 0 Å². The van der Waals surface area contributed by atoms with Gasteiger partial charge in [0.25, 0.3) is 10.0 Å². The van der Waals surface area contributed by atoms with E-state index in [9.17, 15) is 22.4 Å². The Hall–Kier alpha value is -3.24. The molecule has 0 saturated heterocycles. The highest BCUT2D eigenvalue weighted by Gasteiger charge is 2.32. The van der Waals surface area contributed by atoms with E-state index in [0.717, 1.165) is 27.2 Å². The van der Waals surface area contributed by atoms with Crippen LogP contribution >= 0.6 is 15.9 Å². The Morgan fingerprint density at radius 2 is 1.59 bits per heavy atom. The lowest BCUT2D eigenvalue weighted by molar-refractivity contribution is -0.139. The molecule has 2 amide bonds. The average Bonchev–Trinajstić information content (AvgIpc) is 2.91. The van der Waals surface area contributed by atoms with Crippen molar-refractivity contribution in [1.29, 1.82) is 0 Å². The maximum absolute atomic E-state index is 13.8. The minimum absolute atomic E-state index is 0.000233. The number of aryl methyl sites for hydroxylation is 1. The maximum atomic E-state index is 13.8. The van der Waals surface area contributed by atoms with Gasteiger partial charge in [-0.3, -0.25) is 13.9 Å². The Labute approximate surface area is 238 Å². The molecule has 0 aliphatic rings. The Balaban J connectivity index is 1.98. The summed E-state index contributed by atoms with van der Waals surface area (Å²) >= 11 is 3.36. The third-order valence-corrected chi connectivity index (χ3v) is 8.58. The number of sulfonamides is 1. The van der Waals surface area contributed by atoms with E-state index >= 15 is 0 Å². The first-order chi connectivity index (χ1) is 18.5. The van der Waals surface area contributed by atoms with Crippen LogP contribution in [-0.4, -0.2) is 44.3 Å². The van der Waals surface area contributed by atoms with E-state index in [1.54, 1.807) is 43.3 Å². The lowest BCUT2D eigenvalue weighted by atomic mass is 10.1. The van der Waals surface area contributed by atoms with Crippen molar-refractivity contribution in [3.63, 3.8) is 0 Å². The van der Waals surface area contributed by atoms with Gasteiger partial charge < -0.3 is 10.2 Å². The number of nitrogens with zero attached hydrogens (tertiary/aromatic N) is 2. The van der Waals surface area contributed by atoms with E-state index in [1.165, 1.54) is 41.3 Å². The van der Waals surface area contributed by atoms with Crippen molar-refractivity contribution in [2.24, 2.45) is 0 Å². The van der Waals surface area contributed by atoms with Crippen LogP contribution in [0.3, 0.4) is 0 Å². The lowest BCUT2D eigenvalue weighted by Crippen LogP contribution is -2.51. The second-order valence-electron chi connectivity index (χ2n) is 9.27. The summed E-state index contributed by atoms with van der Waals surface area (Å²) in [6.45, 7) is 5.38. The second kappa shape index (κ2) is 13.7. The van der Waals surface area contributed by atoms with Crippen molar-refractivity contribution in [3.05, 3.63) is 94.2 Å². The minimum Gasteiger partial charge on any atom is -0.354 e. The molecule has 3 rings (SSSR count). The van der Waals surface area contributed by atoms with Gasteiger partial charge in [-0.1, -0.05) is 59.1 Å². The fraction of sp³-hybridized carbons (Fsp3) is 0.310. The Bertz CT molecular complexity index is 1370. The predicted octanol–water partition coefficient (Wildman–Crippen LogP) is 5.43. The maximum Gasteiger partial charge on any atom is 0.264 e. The monoisotopic (exact) mass is 617 g/mol. The van der Waals surface area contributed by atoms with E-state index in [2.05, 4.69) is 21.2 Å². The van der Waals surface area contributed by atoms with Gasteiger partial charge in [0.2, 0.25) is 11.8 Å². The summed E-state index contributed by atoms with van der Waals surface area (Å²) in [5, 5.41) is 2.84. The number of halogens is 2. The number of benzene rings is 3. The Morgan fingerprint density at radius 3 is 2.18 bits per heavy atom. The fourth-order valence-corrected chi connectivity index (χ4v) is 5.56. The van der Waals surface area contributed by atoms with Gasteiger partial charge in [0.1, 0.15) is 18.4 Å². The van der Waals surface area contributed by atoms with Crippen LogP contribution in [0.25, 0.3) is 0 Å². The van der Waals surface area contributed by atoms with Crippen molar-refractivity contribution in [3.8, 4) is 0 Å². The molecule has 10 heteroatoms. The van der Waals surface area contributed by atoms with Crippen LogP contribution in [0.4, 0.5) is 10.1 Å². The van der Waals surface area contributed by atoms with Crippen LogP contribution in [0.15, 0.2) is 82.2 Å². The fourth-order valence-electron chi connectivity index (χ4n) is 3.88. The number of carbonyl (C=O) groups excluding carboxylic acids is 2. The van der Waals surface area contributed by atoms with E-state index in [-0.39, 0.29) is 17.3 Å². The lowest BCUT2D eigenvalue weighted by Gasteiger charge is -2.32. The normalized spacial score (nSPS) is 12.0. The van der Waals surface area contributed by atoms with Crippen LogP contribution in [0.1, 0.15) is 37.8 Å². The number of rotatable bonds is 12. The molecular weight excluding hydrogens is 585 g/mol. The Kier molecular flexibility index (Phi) is 10.7. The number of hydrogen-bond donors (Lipinski definition) is 1. The highest BCUT2D eigenvalue weighted by Crippen LogP contribution is 2.26. The molecule has 0 aliphatic carbocycles. The Morgan fingerprint density at radius 1 is 0.974 bits per heavy atom. The summed E-state index contributed by atoms with van der Waals surface area (Å²) in [5.74, 6) is -1.35. The SMILES string of the molecule is CCCCNC(=O)[C@@H](C)N(Cc1ccc(F)cc1)C(=O)CN(c1ccc(Br)cc1)S(=O)(=O)c1ccc(C)cc1. The van der Waals surface area contributed by atoms with Crippen LogP contribution in [0.2, 0.25) is 0 Å². The molecule has 3 aromatic carbocycles. The number of carbonyl (C=O) groups is 2. The van der Waals surface area contributed by atoms with Crippen molar-refractivity contribution in [2.75, 3.05) is 17.4 Å². The summed E-state index contributed by atoms with van der Waals surface area (Å²) in [7, 11) is -4.13. The number of amides is 2. The van der Waals surface area contributed by atoms with Gasteiger partial charge in [0.05, 0.1) is 10.6 Å². The minimum atomic E-state index is -4.13. The van der Waals surface area contributed by atoms with E-state index in [1.807, 2.05) is 13.8 Å². The second-order valence-corrected chi connectivity index (χ2v) is 12.0. The molecular formula is C29H33BrFN3O4S. The first kappa shape index (κ1) is 30.3. The van der Waals surface area contributed by atoms with E-state index < -0.39 is 34.3 Å². The molecule has 1 N–H and O–H groups in total. The number of nitrogens with one attached hydrogen (secondary N) is 1. The van der Waals surface area contributed by atoms with Gasteiger partial charge in [-0.25, -0.2) is 12.8 Å². The molecule has 7 nitrogen and oxygen atoms in total. The van der Waals surface area contributed by atoms with Crippen molar-refractivity contribution in [1.82, 2.24) is 10.2 Å². The van der Waals surface area contributed by atoms with Gasteiger partial charge in [0.15, 0.2) is 0 Å². The largest absolute Gasteiger partial charge is 0.354 e. The molecule has 39 heavy (non-hydrogen) atoms.